The first-order valence-corrected chi connectivity index (χ1v) is 9.36. The lowest BCUT2D eigenvalue weighted by molar-refractivity contribution is -0.145. The topological polar surface area (TPSA) is 76.8 Å². The number of furan rings is 1. The average Bonchev–Trinajstić information content (AvgIpc) is 3.18. The number of benzene rings is 1. The Hall–Kier alpha value is -2.51. The van der Waals surface area contributed by atoms with E-state index in [2.05, 4.69) is 0 Å². The van der Waals surface area contributed by atoms with E-state index in [1.807, 2.05) is 13.0 Å². The van der Waals surface area contributed by atoms with Crippen LogP contribution in [0.1, 0.15) is 18.2 Å². The van der Waals surface area contributed by atoms with Gasteiger partial charge in [-0.3, -0.25) is 19.3 Å². The second-order valence-corrected chi connectivity index (χ2v) is 7.16. The van der Waals surface area contributed by atoms with E-state index in [4.69, 9.17) is 20.8 Å². The van der Waals surface area contributed by atoms with Gasteiger partial charge < -0.3 is 9.15 Å². The van der Waals surface area contributed by atoms with E-state index in [9.17, 15) is 14.4 Å². The number of aryl methyl sites for hydroxylation is 1. The number of halogens is 1. The first-order chi connectivity index (χ1) is 12.9. The number of rotatable bonds is 5. The molecule has 0 atom stereocenters. The first-order valence-electron chi connectivity index (χ1n) is 8.16. The molecule has 3 rings (SSSR count). The van der Waals surface area contributed by atoms with Gasteiger partial charge in [0, 0.05) is 16.7 Å². The minimum atomic E-state index is -0.627. The number of hydrogen-bond donors (Lipinski definition) is 0. The maximum absolute atomic E-state index is 12.4. The van der Waals surface area contributed by atoms with Crippen LogP contribution in [0.25, 0.3) is 17.4 Å². The first kappa shape index (κ1) is 19.3. The summed E-state index contributed by atoms with van der Waals surface area (Å²) in [4.78, 5) is 37.0. The second-order valence-electron chi connectivity index (χ2n) is 5.73. The van der Waals surface area contributed by atoms with E-state index >= 15 is 0 Å². The van der Waals surface area contributed by atoms with Crippen molar-refractivity contribution in [3.8, 4) is 11.3 Å². The lowest BCUT2D eigenvalue weighted by Gasteiger charge is -2.10. The van der Waals surface area contributed by atoms with Gasteiger partial charge in [0.25, 0.3) is 11.1 Å². The Balaban J connectivity index is 1.81. The zero-order chi connectivity index (χ0) is 19.6. The molecule has 2 aromatic rings. The predicted molar refractivity (Wildman–Crippen MR) is 103 cm³/mol. The summed E-state index contributed by atoms with van der Waals surface area (Å²) in [7, 11) is 0. The van der Waals surface area contributed by atoms with Gasteiger partial charge in [0.05, 0.1) is 11.5 Å². The number of hydrogen-bond acceptors (Lipinski definition) is 6. The van der Waals surface area contributed by atoms with Crippen molar-refractivity contribution in [2.24, 2.45) is 0 Å². The molecule has 6 nitrogen and oxygen atoms in total. The molecule has 27 heavy (non-hydrogen) atoms. The second kappa shape index (κ2) is 8.02. The molecule has 1 saturated heterocycles. The molecule has 2 heterocycles. The van der Waals surface area contributed by atoms with Crippen molar-refractivity contribution >= 4 is 46.6 Å². The Labute approximate surface area is 165 Å². The highest BCUT2D eigenvalue weighted by molar-refractivity contribution is 8.18. The Morgan fingerprint density at radius 2 is 2.07 bits per heavy atom. The van der Waals surface area contributed by atoms with Gasteiger partial charge in [0.2, 0.25) is 0 Å². The average molecular weight is 406 g/mol. The zero-order valence-corrected chi connectivity index (χ0v) is 16.2. The fraction of sp³-hybridized carbons (Fsp3) is 0.211. The van der Waals surface area contributed by atoms with Crippen molar-refractivity contribution in [3.05, 3.63) is 51.6 Å². The maximum Gasteiger partial charge on any atom is 0.326 e. The maximum atomic E-state index is 12.4. The third-order valence-corrected chi connectivity index (χ3v) is 4.97. The lowest BCUT2D eigenvalue weighted by Crippen LogP contribution is -2.34. The minimum absolute atomic E-state index is 0.184. The summed E-state index contributed by atoms with van der Waals surface area (Å²) >= 11 is 6.80. The van der Waals surface area contributed by atoms with Crippen LogP contribution in [0.5, 0.6) is 0 Å². The number of esters is 1. The summed E-state index contributed by atoms with van der Waals surface area (Å²) in [5, 5.41) is 0.0744. The highest BCUT2D eigenvalue weighted by Gasteiger charge is 2.36. The Morgan fingerprint density at radius 1 is 1.30 bits per heavy atom. The molecule has 0 N–H and O–H groups in total. The normalized spacial score (nSPS) is 15.7. The van der Waals surface area contributed by atoms with Crippen LogP contribution in [0.15, 0.2) is 39.7 Å². The minimum Gasteiger partial charge on any atom is -0.465 e. The Bertz CT molecular complexity index is 949. The van der Waals surface area contributed by atoms with E-state index in [0.717, 1.165) is 27.8 Å². The van der Waals surface area contributed by atoms with E-state index < -0.39 is 23.7 Å². The molecule has 1 aliphatic rings. The number of carbonyl (C=O) groups is 3. The molecule has 0 unspecified atom stereocenters. The molecule has 1 aliphatic heterocycles. The van der Waals surface area contributed by atoms with Crippen LogP contribution in [-0.2, 0) is 14.3 Å². The molecular weight excluding hydrogens is 390 g/mol. The summed E-state index contributed by atoms with van der Waals surface area (Å²) < 4.78 is 10.6. The molecule has 1 fully saturated rings. The van der Waals surface area contributed by atoms with Crippen LogP contribution in [0.4, 0.5) is 4.79 Å². The Morgan fingerprint density at radius 3 is 2.81 bits per heavy atom. The van der Waals surface area contributed by atoms with Gasteiger partial charge >= 0.3 is 5.97 Å². The summed E-state index contributed by atoms with van der Waals surface area (Å²) in [5.74, 6) is -0.147. The fourth-order valence-electron chi connectivity index (χ4n) is 2.54. The molecule has 140 valence electrons. The van der Waals surface area contributed by atoms with Crippen molar-refractivity contribution in [1.82, 2.24) is 4.90 Å². The van der Waals surface area contributed by atoms with E-state index in [1.54, 1.807) is 31.2 Å². The van der Waals surface area contributed by atoms with Crippen molar-refractivity contribution in [1.29, 1.82) is 0 Å². The standard InChI is InChI=1S/C19H16ClNO5S/c1-3-25-17(22)10-21-18(23)16(27-19(21)24)9-13-6-7-15(26-13)14-8-12(20)5-4-11(14)2/h4-9H,3,10H2,1-2H3/b16-9-. The summed E-state index contributed by atoms with van der Waals surface area (Å²) in [6.45, 7) is 3.38. The van der Waals surface area contributed by atoms with Crippen LogP contribution in [0, 0.1) is 6.92 Å². The lowest BCUT2D eigenvalue weighted by atomic mass is 10.1. The fourth-order valence-corrected chi connectivity index (χ4v) is 3.53. The van der Waals surface area contributed by atoms with Crippen LogP contribution in [0.3, 0.4) is 0 Å². The van der Waals surface area contributed by atoms with E-state index in [1.165, 1.54) is 6.08 Å². The van der Waals surface area contributed by atoms with Crippen LogP contribution in [-0.4, -0.2) is 35.2 Å². The smallest absolute Gasteiger partial charge is 0.326 e. The quantitative estimate of drug-likeness (QED) is 0.538. The zero-order valence-electron chi connectivity index (χ0n) is 14.7. The van der Waals surface area contributed by atoms with Gasteiger partial charge in [0.1, 0.15) is 18.1 Å². The predicted octanol–water partition coefficient (Wildman–Crippen LogP) is 4.51. The van der Waals surface area contributed by atoms with Crippen molar-refractivity contribution in [2.45, 2.75) is 13.8 Å². The Kier molecular flexibility index (Phi) is 5.72. The molecule has 0 radical (unpaired) electrons. The molecular formula is C19H16ClNO5S. The van der Waals surface area contributed by atoms with Crippen LogP contribution >= 0.6 is 23.4 Å². The number of ether oxygens (including phenoxy) is 1. The van der Waals surface area contributed by atoms with Crippen LogP contribution < -0.4 is 0 Å². The van der Waals surface area contributed by atoms with Gasteiger partial charge in [-0.05, 0) is 55.4 Å². The highest BCUT2D eigenvalue weighted by atomic mass is 35.5. The van der Waals surface area contributed by atoms with Gasteiger partial charge in [-0.1, -0.05) is 17.7 Å². The number of imide groups is 1. The third-order valence-electron chi connectivity index (χ3n) is 3.83. The van der Waals surface area contributed by atoms with E-state index in [0.29, 0.717) is 16.5 Å². The molecule has 2 amide bonds. The SMILES string of the molecule is CCOC(=O)CN1C(=O)S/C(=C\c2ccc(-c3cc(Cl)ccc3C)o2)C1=O. The van der Waals surface area contributed by atoms with Gasteiger partial charge in [-0.15, -0.1) is 0 Å². The summed E-state index contributed by atoms with van der Waals surface area (Å²) in [6.07, 6.45) is 1.49. The third kappa shape index (κ3) is 4.26. The number of nitrogens with zero attached hydrogens (tertiary/aromatic N) is 1. The van der Waals surface area contributed by atoms with Gasteiger partial charge in [-0.25, -0.2) is 0 Å². The number of thioether (sulfide) groups is 1. The molecule has 1 aromatic heterocycles. The molecule has 0 spiro atoms. The summed E-state index contributed by atoms with van der Waals surface area (Å²) in [5.41, 5.74) is 1.84. The summed E-state index contributed by atoms with van der Waals surface area (Å²) in [6, 6.07) is 8.96. The van der Waals surface area contributed by atoms with Gasteiger partial charge in [0.15, 0.2) is 0 Å². The largest absolute Gasteiger partial charge is 0.465 e. The molecule has 0 saturated carbocycles. The van der Waals surface area contributed by atoms with Gasteiger partial charge in [-0.2, -0.15) is 0 Å². The van der Waals surface area contributed by atoms with E-state index in [-0.39, 0.29) is 11.5 Å². The van der Waals surface area contributed by atoms with Crippen molar-refractivity contribution < 1.29 is 23.5 Å². The molecule has 8 heteroatoms. The number of amides is 2. The van der Waals surface area contributed by atoms with Crippen molar-refractivity contribution in [3.63, 3.8) is 0 Å². The monoisotopic (exact) mass is 405 g/mol. The molecule has 0 aliphatic carbocycles. The highest BCUT2D eigenvalue weighted by Crippen LogP contribution is 2.34. The van der Waals surface area contributed by atoms with Crippen LogP contribution in [0.2, 0.25) is 5.02 Å². The molecule has 1 aromatic carbocycles. The molecule has 0 bridgehead atoms. The number of carbonyl (C=O) groups excluding carboxylic acids is 3. The van der Waals surface area contributed by atoms with Crippen molar-refractivity contribution in [2.75, 3.05) is 13.2 Å².